The Morgan fingerprint density at radius 3 is 2.67 bits per heavy atom. The summed E-state index contributed by atoms with van der Waals surface area (Å²) in [6.45, 7) is 9.58. The zero-order chi connectivity index (χ0) is 13.1. The largest absolute Gasteiger partial charge is 0.342 e. The van der Waals surface area contributed by atoms with Crippen molar-refractivity contribution in [2.45, 2.75) is 52.5 Å². The highest BCUT2D eigenvalue weighted by molar-refractivity contribution is 5.79. The van der Waals surface area contributed by atoms with Crippen LogP contribution in [0, 0.1) is 17.8 Å². The molecule has 0 aromatic carbocycles. The smallest absolute Gasteiger partial charge is 0.225 e. The van der Waals surface area contributed by atoms with Crippen LogP contribution in [0.5, 0.6) is 0 Å². The monoisotopic (exact) mass is 252 g/mol. The van der Waals surface area contributed by atoms with Gasteiger partial charge in [0.15, 0.2) is 0 Å². The van der Waals surface area contributed by atoms with Crippen LogP contribution in [0.2, 0.25) is 0 Å². The Morgan fingerprint density at radius 2 is 2.11 bits per heavy atom. The van der Waals surface area contributed by atoms with Crippen molar-refractivity contribution in [3.63, 3.8) is 0 Å². The van der Waals surface area contributed by atoms with Crippen LogP contribution < -0.4 is 5.32 Å². The van der Waals surface area contributed by atoms with Crippen molar-refractivity contribution in [3.8, 4) is 0 Å². The molecule has 2 rings (SSSR count). The lowest BCUT2D eigenvalue weighted by Gasteiger charge is -2.38. The summed E-state index contributed by atoms with van der Waals surface area (Å²) in [5.74, 6) is 1.93. The van der Waals surface area contributed by atoms with Crippen LogP contribution in [0.15, 0.2) is 0 Å². The Kier molecular flexibility index (Phi) is 4.66. The first kappa shape index (κ1) is 13.9. The van der Waals surface area contributed by atoms with Gasteiger partial charge in [-0.25, -0.2) is 0 Å². The molecule has 2 fully saturated rings. The molecule has 3 heteroatoms. The molecule has 1 aliphatic carbocycles. The summed E-state index contributed by atoms with van der Waals surface area (Å²) in [6.07, 6.45) is 4.82. The molecule has 1 heterocycles. The van der Waals surface area contributed by atoms with E-state index in [1.807, 2.05) is 0 Å². The fraction of sp³-hybridized carbons (Fsp3) is 0.933. The molecule has 18 heavy (non-hydrogen) atoms. The van der Waals surface area contributed by atoms with E-state index in [1.165, 1.54) is 19.3 Å². The molecule has 2 aliphatic rings. The van der Waals surface area contributed by atoms with Gasteiger partial charge in [-0.3, -0.25) is 4.79 Å². The fourth-order valence-corrected chi connectivity index (χ4v) is 3.06. The van der Waals surface area contributed by atoms with Gasteiger partial charge in [0, 0.05) is 25.0 Å². The average Bonchev–Trinajstić information content (AvgIpc) is 3.19. The minimum absolute atomic E-state index is 0.261. The number of nitrogens with zero attached hydrogens (tertiary/aromatic N) is 1. The summed E-state index contributed by atoms with van der Waals surface area (Å²) in [4.78, 5) is 14.5. The van der Waals surface area contributed by atoms with Crippen molar-refractivity contribution in [1.29, 1.82) is 0 Å². The van der Waals surface area contributed by atoms with Crippen molar-refractivity contribution < 1.29 is 4.79 Å². The summed E-state index contributed by atoms with van der Waals surface area (Å²) in [5.41, 5.74) is 0. The lowest BCUT2D eigenvalue weighted by atomic mass is 9.92. The van der Waals surface area contributed by atoms with Crippen LogP contribution in [-0.2, 0) is 4.79 Å². The van der Waals surface area contributed by atoms with E-state index >= 15 is 0 Å². The summed E-state index contributed by atoms with van der Waals surface area (Å²) in [7, 11) is 0. The second-order valence-electron chi connectivity index (χ2n) is 6.24. The molecule has 3 nitrogen and oxygen atoms in total. The molecule has 1 saturated carbocycles. The maximum Gasteiger partial charge on any atom is 0.225 e. The molecule has 1 aliphatic heterocycles. The molecule has 0 aromatic rings. The minimum atomic E-state index is 0.261. The van der Waals surface area contributed by atoms with Gasteiger partial charge in [0.1, 0.15) is 0 Å². The van der Waals surface area contributed by atoms with Gasteiger partial charge in [0.25, 0.3) is 0 Å². The predicted octanol–water partition coefficient (Wildman–Crippen LogP) is 2.27. The molecule has 104 valence electrons. The molecule has 1 amide bonds. The van der Waals surface area contributed by atoms with Crippen LogP contribution in [0.4, 0.5) is 0 Å². The highest BCUT2D eigenvalue weighted by Gasteiger charge is 2.37. The number of hydrogen-bond acceptors (Lipinski definition) is 2. The maximum atomic E-state index is 12.4. The van der Waals surface area contributed by atoms with Crippen LogP contribution in [0.25, 0.3) is 0 Å². The molecule has 0 bridgehead atoms. The summed E-state index contributed by atoms with van der Waals surface area (Å²) < 4.78 is 0. The average molecular weight is 252 g/mol. The topological polar surface area (TPSA) is 32.3 Å². The molecular weight excluding hydrogens is 224 g/mol. The van der Waals surface area contributed by atoms with Gasteiger partial charge < -0.3 is 10.2 Å². The Morgan fingerprint density at radius 1 is 1.39 bits per heavy atom. The number of carbonyl (C=O) groups is 1. The summed E-state index contributed by atoms with van der Waals surface area (Å²) in [6, 6.07) is 0.602. The summed E-state index contributed by atoms with van der Waals surface area (Å²) >= 11 is 0. The van der Waals surface area contributed by atoms with Crippen molar-refractivity contribution >= 4 is 5.91 Å². The second kappa shape index (κ2) is 6.05. The first-order valence-corrected chi connectivity index (χ1v) is 7.65. The van der Waals surface area contributed by atoms with Gasteiger partial charge in [-0.15, -0.1) is 0 Å². The van der Waals surface area contributed by atoms with E-state index in [0.717, 1.165) is 26.1 Å². The number of amides is 1. The van der Waals surface area contributed by atoms with Crippen LogP contribution in [0.3, 0.4) is 0 Å². The molecule has 0 radical (unpaired) electrons. The molecular formula is C15H28N2O. The quantitative estimate of drug-likeness (QED) is 0.814. The van der Waals surface area contributed by atoms with Crippen molar-refractivity contribution in [3.05, 3.63) is 0 Å². The molecule has 1 saturated heterocycles. The van der Waals surface area contributed by atoms with Crippen LogP contribution >= 0.6 is 0 Å². The second-order valence-corrected chi connectivity index (χ2v) is 6.24. The van der Waals surface area contributed by atoms with Gasteiger partial charge in [-0.1, -0.05) is 20.8 Å². The lowest BCUT2D eigenvalue weighted by molar-refractivity contribution is -0.137. The van der Waals surface area contributed by atoms with E-state index in [4.69, 9.17) is 0 Å². The number of hydrogen-bond donors (Lipinski definition) is 1. The molecule has 0 aromatic heterocycles. The van der Waals surface area contributed by atoms with E-state index < -0.39 is 0 Å². The van der Waals surface area contributed by atoms with E-state index in [1.54, 1.807) is 0 Å². The van der Waals surface area contributed by atoms with Gasteiger partial charge in [-0.05, 0) is 44.1 Å². The predicted molar refractivity (Wildman–Crippen MR) is 74.3 cm³/mol. The lowest BCUT2D eigenvalue weighted by Crippen LogP contribution is -2.51. The molecule has 3 unspecified atom stereocenters. The normalized spacial score (nSPS) is 30.3. The SMILES string of the molecule is CCCNC1CCN(C(=O)C(C)C2CC2)CC1C. The number of piperidine rings is 1. The van der Waals surface area contributed by atoms with Crippen molar-refractivity contribution in [2.24, 2.45) is 17.8 Å². The third-order valence-corrected chi connectivity index (χ3v) is 4.59. The molecule has 1 N–H and O–H groups in total. The Bertz CT molecular complexity index is 288. The zero-order valence-electron chi connectivity index (χ0n) is 12.1. The van der Waals surface area contributed by atoms with Crippen molar-refractivity contribution in [1.82, 2.24) is 10.2 Å². The maximum absolute atomic E-state index is 12.4. The highest BCUT2D eigenvalue weighted by atomic mass is 16.2. The van der Waals surface area contributed by atoms with Crippen LogP contribution in [0.1, 0.15) is 46.5 Å². The minimum Gasteiger partial charge on any atom is -0.342 e. The Labute approximate surface area is 111 Å². The number of likely N-dealkylation sites (tertiary alicyclic amines) is 1. The molecule has 0 spiro atoms. The van der Waals surface area contributed by atoms with E-state index in [-0.39, 0.29) is 5.92 Å². The standard InChI is InChI=1S/C15H28N2O/c1-4-8-16-14-7-9-17(10-11(14)2)15(18)12(3)13-5-6-13/h11-14,16H,4-10H2,1-3H3. The first-order valence-electron chi connectivity index (χ1n) is 7.65. The van der Waals surface area contributed by atoms with Crippen LogP contribution in [-0.4, -0.2) is 36.5 Å². The van der Waals surface area contributed by atoms with Gasteiger partial charge in [-0.2, -0.15) is 0 Å². The Balaban J connectivity index is 1.81. The van der Waals surface area contributed by atoms with E-state index in [2.05, 4.69) is 31.0 Å². The molecule has 3 atom stereocenters. The Hall–Kier alpha value is -0.570. The fourth-order valence-electron chi connectivity index (χ4n) is 3.06. The number of nitrogens with one attached hydrogen (secondary N) is 1. The first-order chi connectivity index (χ1) is 8.63. The number of rotatable bonds is 5. The van der Waals surface area contributed by atoms with E-state index in [9.17, 15) is 4.79 Å². The van der Waals surface area contributed by atoms with E-state index in [0.29, 0.717) is 23.8 Å². The van der Waals surface area contributed by atoms with Gasteiger partial charge in [0.2, 0.25) is 5.91 Å². The van der Waals surface area contributed by atoms with Crippen molar-refractivity contribution in [2.75, 3.05) is 19.6 Å². The van der Waals surface area contributed by atoms with Gasteiger partial charge in [0.05, 0.1) is 0 Å². The summed E-state index contributed by atoms with van der Waals surface area (Å²) in [5, 5.41) is 3.61. The highest BCUT2D eigenvalue weighted by Crippen LogP contribution is 2.37. The van der Waals surface area contributed by atoms with Gasteiger partial charge >= 0.3 is 0 Å². The zero-order valence-corrected chi connectivity index (χ0v) is 12.1. The third-order valence-electron chi connectivity index (χ3n) is 4.59. The third kappa shape index (κ3) is 3.25. The number of carbonyl (C=O) groups excluding carboxylic acids is 1.